The second-order valence-electron chi connectivity index (χ2n) is 4.86. The average molecular weight is 242 g/mol. The van der Waals surface area contributed by atoms with E-state index < -0.39 is 0 Å². The highest BCUT2D eigenvalue weighted by Gasteiger charge is 2.29. The molecular weight excluding hydrogens is 220 g/mol. The maximum Gasteiger partial charge on any atom is 0.317 e. The molecule has 0 aromatic carbocycles. The Morgan fingerprint density at radius 2 is 2.24 bits per heavy atom. The minimum atomic E-state index is -0.000396. The van der Waals surface area contributed by atoms with Gasteiger partial charge < -0.3 is 19.7 Å². The molecular formula is C12H22N2O3. The summed E-state index contributed by atoms with van der Waals surface area (Å²) in [5, 5.41) is 2.83. The third-order valence-electron chi connectivity index (χ3n) is 3.28. The molecule has 0 bridgehead atoms. The van der Waals surface area contributed by atoms with Crippen LogP contribution in [0.3, 0.4) is 0 Å². The van der Waals surface area contributed by atoms with E-state index in [4.69, 9.17) is 9.47 Å². The van der Waals surface area contributed by atoms with Gasteiger partial charge in [-0.1, -0.05) is 0 Å². The highest BCUT2D eigenvalue weighted by molar-refractivity contribution is 5.74. The van der Waals surface area contributed by atoms with Gasteiger partial charge in [-0.15, -0.1) is 0 Å². The molecule has 0 spiro atoms. The van der Waals surface area contributed by atoms with Crippen LogP contribution in [-0.4, -0.2) is 57.0 Å². The van der Waals surface area contributed by atoms with Gasteiger partial charge in [-0.05, 0) is 25.2 Å². The van der Waals surface area contributed by atoms with Crippen molar-refractivity contribution < 1.29 is 14.3 Å². The molecule has 2 fully saturated rings. The first-order valence-electron chi connectivity index (χ1n) is 6.43. The second kappa shape index (κ2) is 6.21. The van der Waals surface area contributed by atoms with E-state index in [-0.39, 0.29) is 12.1 Å². The quantitative estimate of drug-likeness (QED) is 0.702. The molecule has 1 heterocycles. The Balaban J connectivity index is 1.60. The van der Waals surface area contributed by atoms with Crippen LogP contribution >= 0.6 is 0 Å². The number of urea groups is 1. The first-order valence-corrected chi connectivity index (χ1v) is 6.43. The van der Waals surface area contributed by atoms with Crippen molar-refractivity contribution >= 4 is 6.03 Å². The number of amides is 2. The van der Waals surface area contributed by atoms with Crippen LogP contribution in [0.5, 0.6) is 0 Å². The van der Waals surface area contributed by atoms with Crippen LogP contribution in [0, 0.1) is 5.92 Å². The molecule has 0 aromatic rings. The van der Waals surface area contributed by atoms with Gasteiger partial charge in [0.05, 0.1) is 12.7 Å². The van der Waals surface area contributed by atoms with Gasteiger partial charge in [0, 0.05) is 33.4 Å². The average Bonchev–Trinajstić information content (AvgIpc) is 3.04. The van der Waals surface area contributed by atoms with Gasteiger partial charge in [-0.25, -0.2) is 4.79 Å². The van der Waals surface area contributed by atoms with E-state index in [9.17, 15) is 4.79 Å². The van der Waals surface area contributed by atoms with Crippen molar-refractivity contribution in [2.24, 2.45) is 5.92 Å². The lowest BCUT2D eigenvalue weighted by molar-refractivity contribution is 0.0538. The van der Waals surface area contributed by atoms with Crippen LogP contribution in [0.25, 0.3) is 0 Å². The summed E-state index contributed by atoms with van der Waals surface area (Å²) in [4.78, 5) is 13.5. The molecule has 2 amide bonds. The molecule has 2 rings (SSSR count). The highest BCUT2D eigenvalue weighted by Crippen LogP contribution is 2.29. The smallest absolute Gasteiger partial charge is 0.317 e. The molecule has 1 aliphatic heterocycles. The molecule has 2 aliphatic rings. The number of hydrogen-bond acceptors (Lipinski definition) is 3. The predicted octanol–water partition coefficient (Wildman–Crippen LogP) is 0.843. The third kappa shape index (κ3) is 4.16. The van der Waals surface area contributed by atoms with Gasteiger partial charge in [0.2, 0.25) is 0 Å². The number of carbonyl (C=O) groups is 1. The summed E-state index contributed by atoms with van der Waals surface area (Å²) < 4.78 is 10.7. The van der Waals surface area contributed by atoms with E-state index in [0.717, 1.165) is 32.0 Å². The molecule has 5 nitrogen and oxygen atoms in total. The summed E-state index contributed by atoms with van der Waals surface area (Å²) in [6.45, 7) is 3.53. The fourth-order valence-electron chi connectivity index (χ4n) is 1.98. The minimum absolute atomic E-state index is 0.000396. The van der Waals surface area contributed by atoms with Crippen molar-refractivity contribution in [2.75, 3.05) is 40.0 Å². The van der Waals surface area contributed by atoms with E-state index in [0.29, 0.717) is 13.2 Å². The summed E-state index contributed by atoms with van der Waals surface area (Å²) in [7, 11) is 1.63. The first-order chi connectivity index (χ1) is 8.29. The maximum absolute atomic E-state index is 11.7. The fraction of sp³-hybridized carbons (Fsp3) is 0.917. The van der Waals surface area contributed by atoms with Gasteiger partial charge in [0.1, 0.15) is 0 Å². The van der Waals surface area contributed by atoms with Gasteiger partial charge in [-0.3, -0.25) is 0 Å². The molecule has 1 atom stereocenters. The van der Waals surface area contributed by atoms with Crippen molar-refractivity contribution in [1.29, 1.82) is 0 Å². The molecule has 1 saturated heterocycles. The van der Waals surface area contributed by atoms with Crippen LogP contribution in [0.1, 0.15) is 19.3 Å². The summed E-state index contributed by atoms with van der Waals surface area (Å²) in [5.41, 5.74) is 0. The minimum Gasteiger partial charge on any atom is -0.383 e. The van der Waals surface area contributed by atoms with Crippen molar-refractivity contribution in [3.8, 4) is 0 Å². The third-order valence-corrected chi connectivity index (χ3v) is 3.28. The zero-order valence-electron chi connectivity index (χ0n) is 10.5. The van der Waals surface area contributed by atoms with Gasteiger partial charge >= 0.3 is 6.03 Å². The van der Waals surface area contributed by atoms with Gasteiger partial charge in [-0.2, -0.15) is 0 Å². The Kier molecular flexibility index (Phi) is 4.62. The topological polar surface area (TPSA) is 50.8 Å². The molecule has 1 saturated carbocycles. The van der Waals surface area contributed by atoms with Gasteiger partial charge in [0.25, 0.3) is 0 Å². The number of nitrogens with zero attached hydrogens (tertiary/aromatic N) is 1. The summed E-state index contributed by atoms with van der Waals surface area (Å²) in [6.07, 6.45) is 3.83. The Morgan fingerprint density at radius 3 is 2.94 bits per heavy atom. The summed E-state index contributed by atoms with van der Waals surface area (Å²) in [5.74, 6) is 0.791. The van der Waals surface area contributed by atoms with E-state index >= 15 is 0 Å². The molecule has 17 heavy (non-hydrogen) atoms. The summed E-state index contributed by atoms with van der Waals surface area (Å²) in [6, 6.07) is -0.000396. The second-order valence-corrected chi connectivity index (χ2v) is 4.86. The molecule has 1 aliphatic carbocycles. The first kappa shape index (κ1) is 12.6. The highest BCUT2D eigenvalue weighted by atomic mass is 16.5. The number of likely N-dealkylation sites (tertiary alicyclic amines) is 1. The van der Waals surface area contributed by atoms with Crippen LogP contribution in [-0.2, 0) is 9.47 Å². The SMILES string of the molecule is COCCNC(=O)N1CCC(OCC2CC2)C1. The number of methoxy groups -OCH3 is 1. The lowest BCUT2D eigenvalue weighted by atomic mass is 10.3. The molecule has 98 valence electrons. The number of nitrogens with one attached hydrogen (secondary N) is 1. The Hall–Kier alpha value is -0.810. The zero-order valence-corrected chi connectivity index (χ0v) is 10.5. The number of carbonyl (C=O) groups excluding carboxylic acids is 1. The van der Waals surface area contributed by atoms with Crippen LogP contribution in [0.4, 0.5) is 4.79 Å². The lowest BCUT2D eigenvalue weighted by Crippen LogP contribution is -2.40. The lowest BCUT2D eigenvalue weighted by Gasteiger charge is -2.17. The maximum atomic E-state index is 11.7. The van der Waals surface area contributed by atoms with Crippen molar-refractivity contribution in [3.05, 3.63) is 0 Å². The van der Waals surface area contributed by atoms with E-state index in [1.165, 1.54) is 12.8 Å². The van der Waals surface area contributed by atoms with E-state index in [1.807, 2.05) is 4.90 Å². The molecule has 0 aromatic heterocycles. The Labute approximate surface area is 102 Å². The summed E-state index contributed by atoms with van der Waals surface area (Å²) >= 11 is 0. The van der Waals surface area contributed by atoms with E-state index in [2.05, 4.69) is 5.32 Å². The van der Waals surface area contributed by atoms with Crippen LogP contribution in [0.15, 0.2) is 0 Å². The van der Waals surface area contributed by atoms with Crippen molar-refractivity contribution in [1.82, 2.24) is 10.2 Å². The van der Waals surface area contributed by atoms with Gasteiger partial charge in [0.15, 0.2) is 0 Å². The zero-order chi connectivity index (χ0) is 12.1. The predicted molar refractivity (Wildman–Crippen MR) is 63.9 cm³/mol. The van der Waals surface area contributed by atoms with Crippen molar-refractivity contribution in [3.63, 3.8) is 0 Å². The Morgan fingerprint density at radius 1 is 1.41 bits per heavy atom. The largest absolute Gasteiger partial charge is 0.383 e. The molecule has 1 unspecified atom stereocenters. The Bertz CT molecular complexity index is 256. The number of rotatable bonds is 6. The van der Waals surface area contributed by atoms with Crippen LogP contribution in [0.2, 0.25) is 0 Å². The normalized spacial score (nSPS) is 24.1. The molecule has 5 heteroatoms. The standard InChI is InChI=1S/C12H22N2O3/c1-16-7-5-13-12(15)14-6-4-11(8-14)17-9-10-2-3-10/h10-11H,2-9H2,1H3,(H,13,15). The number of hydrogen-bond donors (Lipinski definition) is 1. The monoisotopic (exact) mass is 242 g/mol. The molecule has 1 N–H and O–H groups in total. The van der Waals surface area contributed by atoms with Crippen LogP contribution < -0.4 is 5.32 Å². The molecule has 0 radical (unpaired) electrons. The fourth-order valence-corrected chi connectivity index (χ4v) is 1.98. The van der Waals surface area contributed by atoms with Crippen molar-refractivity contribution in [2.45, 2.75) is 25.4 Å². The van der Waals surface area contributed by atoms with E-state index in [1.54, 1.807) is 7.11 Å². The number of ether oxygens (including phenoxy) is 2.